The summed E-state index contributed by atoms with van der Waals surface area (Å²) in [5.41, 5.74) is 3.48. The number of carbonyl (C=O) groups is 2. The Hall–Kier alpha value is -2.62. The molecule has 2 N–H and O–H groups in total. The monoisotopic (exact) mass is 310 g/mol. The zero-order chi connectivity index (χ0) is 16.8. The molecule has 4 nitrogen and oxygen atoms in total. The van der Waals surface area contributed by atoms with Crippen LogP contribution >= 0.6 is 0 Å². The lowest BCUT2D eigenvalue weighted by Crippen LogP contribution is -2.23. The van der Waals surface area contributed by atoms with E-state index in [2.05, 4.69) is 36.6 Å². The van der Waals surface area contributed by atoms with Crippen LogP contribution in [0.25, 0.3) is 0 Å². The summed E-state index contributed by atoms with van der Waals surface area (Å²) in [6, 6.07) is 15.1. The maximum Gasteiger partial charge on any atom is 0.251 e. The van der Waals surface area contributed by atoms with Gasteiger partial charge in [0.05, 0.1) is 0 Å². The molecule has 2 rings (SSSR count). The van der Waals surface area contributed by atoms with E-state index < -0.39 is 0 Å². The lowest BCUT2D eigenvalue weighted by Gasteiger charge is -2.09. The minimum Gasteiger partial charge on any atom is -0.348 e. The Morgan fingerprint density at radius 3 is 2.35 bits per heavy atom. The molecule has 0 aromatic heterocycles. The van der Waals surface area contributed by atoms with Gasteiger partial charge < -0.3 is 10.6 Å². The van der Waals surface area contributed by atoms with Crippen molar-refractivity contribution in [1.29, 1.82) is 0 Å². The summed E-state index contributed by atoms with van der Waals surface area (Å²) in [4.78, 5) is 23.3. The summed E-state index contributed by atoms with van der Waals surface area (Å²) in [5, 5.41) is 5.56. The maximum absolute atomic E-state index is 12.2. The Morgan fingerprint density at radius 2 is 1.74 bits per heavy atom. The standard InChI is InChI=1S/C19H22N2O2/c1-13(2)16-9-7-15(8-10-16)12-20-19(23)17-5-4-6-18(11-17)21-14(3)22/h4-11,13H,12H2,1-3H3,(H,20,23)(H,21,22). The molecule has 4 heteroatoms. The maximum atomic E-state index is 12.2. The van der Waals surface area contributed by atoms with Gasteiger partial charge in [-0.05, 0) is 35.2 Å². The third-order valence-corrected chi connectivity index (χ3v) is 3.54. The average molecular weight is 310 g/mol. The van der Waals surface area contributed by atoms with Crippen LogP contribution in [-0.2, 0) is 11.3 Å². The van der Waals surface area contributed by atoms with E-state index in [-0.39, 0.29) is 11.8 Å². The normalized spacial score (nSPS) is 10.4. The summed E-state index contributed by atoms with van der Waals surface area (Å²) in [6.45, 7) is 6.22. The van der Waals surface area contributed by atoms with Crippen LogP contribution in [0.15, 0.2) is 48.5 Å². The number of hydrogen-bond donors (Lipinski definition) is 2. The Morgan fingerprint density at radius 1 is 1.04 bits per heavy atom. The van der Waals surface area contributed by atoms with E-state index in [9.17, 15) is 9.59 Å². The van der Waals surface area contributed by atoms with Crippen LogP contribution in [0.5, 0.6) is 0 Å². The second-order valence-corrected chi connectivity index (χ2v) is 5.84. The van der Waals surface area contributed by atoms with Crippen molar-refractivity contribution < 1.29 is 9.59 Å². The van der Waals surface area contributed by atoms with Crippen molar-refractivity contribution in [1.82, 2.24) is 5.32 Å². The summed E-state index contributed by atoms with van der Waals surface area (Å²) in [5.74, 6) is 0.174. The van der Waals surface area contributed by atoms with Gasteiger partial charge in [0.15, 0.2) is 0 Å². The quantitative estimate of drug-likeness (QED) is 0.884. The van der Waals surface area contributed by atoms with Gasteiger partial charge in [-0.2, -0.15) is 0 Å². The van der Waals surface area contributed by atoms with Gasteiger partial charge in [-0.3, -0.25) is 9.59 Å². The zero-order valence-electron chi connectivity index (χ0n) is 13.7. The third kappa shape index (κ3) is 4.95. The first-order valence-corrected chi connectivity index (χ1v) is 7.70. The van der Waals surface area contributed by atoms with Crippen molar-refractivity contribution in [3.05, 3.63) is 65.2 Å². The third-order valence-electron chi connectivity index (χ3n) is 3.54. The van der Waals surface area contributed by atoms with E-state index in [1.165, 1.54) is 12.5 Å². The minimum absolute atomic E-state index is 0.159. The zero-order valence-corrected chi connectivity index (χ0v) is 13.7. The molecule has 0 aliphatic carbocycles. The lowest BCUT2D eigenvalue weighted by atomic mass is 10.0. The Labute approximate surface area is 136 Å². The second kappa shape index (κ2) is 7.58. The highest BCUT2D eigenvalue weighted by atomic mass is 16.2. The van der Waals surface area contributed by atoms with Crippen molar-refractivity contribution in [2.75, 3.05) is 5.32 Å². The fourth-order valence-corrected chi connectivity index (χ4v) is 2.25. The number of carbonyl (C=O) groups excluding carboxylic acids is 2. The molecule has 0 unspecified atom stereocenters. The van der Waals surface area contributed by atoms with Crippen molar-refractivity contribution >= 4 is 17.5 Å². The Bertz CT molecular complexity index is 691. The van der Waals surface area contributed by atoms with E-state index in [4.69, 9.17) is 0 Å². The van der Waals surface area contributed by atoms with E-state index in [0.717, 1.165) is 5.56 Å². The van der Waals surface area contributed by atoms with Gasteiger partial charge >= 0.3 is 0 Å². The van der Waals surface area contributed by atoms with Crippen LogP contribution in [-0.4, -0.2) is 11.8 Å². The van der Waals surface area contributed by atoms with E-state index >= 15 is 0 Å². The molecular formula is C19H22N2O2. The molecule has 2 amide bonds. The average Bonchev–Trinajstić information content (AvgIpc) is 2.52. The molecule has 0 atom stereocenters. The van der Waals surface area contributed by atoms with E-state index in [0.29, 0.717) is 23.7 Å². The highest BCUT2D eigenvalue weighted by Gasteiger charge is 2.07. The van der Waals surface area contributed by atoms with E-state index in [1.54, 1.807) is 24.3 Å². The number of benzene rings is 2. The number of amides is 2. The van der Waals surface area contributed by atoms with Crippen LogP contribution in [0.2, 0.25) is 0 Å². The molecule has 0 aliphatic rings. The van der Waals surface area contributed by atoms with Gasteiger partial charge in [-0.1, -0.05) is 44.2 Å². The topological polar surface area (TPSA) is 58.2 Å². The van der Waals surface area contributed by atoms with Crippen LogP contribution in [0.4, 0.5) is 5.69 Å². The molecule has 0 aliphatic heterocycles. The highest BCUT2D eigenvalue weighted by Crippen LogP contribution is 2.15. The fourth-order valence-electron chi connectivity index (χ4n) is 2.25. The molecule has 0 spiro atoms. The van der Waals surface area contributed by atoms with Gasteiger partial charge in [-0.15, -0.1) is 0 Å². The fraction of sp³-hybridized carbons (Fsp3) is 0.263. The van der Waals surface area contributed by atoms with Crippen molar-refractivity contribution in [3.8, 4) is 0 Å². The Balaban J connectivity index is 1.97. The smallest absolute Gasteiger partial charge is 0.251 e. The van der Waals surface area contributed by atoms with Gasteiger partial charge in [-0.25, -0.2) is 0 Å². The summed E-state index contributed by atoms with van der Waals surface area (Å²) >= 11 is 0. The molecular weight excluding hydrogens is 288 g/mol. The van der Waals surface area contributed by atoms with Crippen molar-refractivity contribution in [3.63, 3.8) is 0 Å². The second-order valence-electron chi connectivity index (χ2n) is 5.84. The van der Waals surface area contributed by atoms with Gasteiger partial charge in [0.25, 0.3) is 5.91 Å². The van der Waals surface area contributed by atoms with Gasteiger partial charge in [0, 0.05) is 24.7 Å². The largest absolute Gasteiger partial charge is 0.348 e. The predicted molar refractivity (Wildman–Crippen MR) is 92.4 cm³/mol. The van der Waals surface area contributed by atoms with Gasteiger partial charge in [0.2, 0.25) is 5.91 Å². The number of nitrogens with one attached hydrogen (secondary N) is 2. The molecule has 0 bridgehead atoms. The first-order chi connectivity index (χ1) is 11.0. The van der Waals surface area contributed by atoms with Crippen molar-refractivity contribution in [2.24, 2.45) is 0 Å². The predicted octanol–water partition coefficient (Wildman–Crippen LogP) is 3.70. The lowest BCUT2D eigenvalue weighted by molar-refractivity contribution is -0.114. The molecule has 0 heterocycles. The molecule has 2 aromatic carbocycles. The molecule has 0 saturated heterocycles. The first kappa shape index (κ1) is 16.7. The molecule has 0 radical (unpaired) electrons. The Kier molecular flexibility index (Phi) is 5.52. The van der Waals surface area contributed by atoms with E-state index in [1.807, 2.05) is 12.1 Å². The first-order valence-electron chi connectivity index (χ1n) is 7.70. The van der Waals surface area contributed by atoms with Crippen LogP contribution in [0.3, 0.4) is 0 Å². The number of hydrogen-bond acceptors (Lipinski definition) is 2. The van der Waals surface area contributed by atoms with Crippen molar-refractivity contribution in [2.45, 2.75) is 33.2 Å². The van der Waals surface area contributed by atoms with Crippen LogP contribution < -0.4 is 10.6 Å². The van der Waals surface area contributed by atoms with Crippen LogP contribution in [0, 0.1) is 0 Å². The minimum atomic E-state index is -0.162. The number of rotatable bonds is 5. The SMILES string of the molecule is CC(=O)Nc1cccc(C(=O)NCc2ccc(C(C)C)cc2)c1. The molecule has 2 aromatic rings. The molecule has 0 saturated carbocycles. The summed E-state index contributed by atoms with van der Waals surface area (Å²) < 4.78 is 0. The summed E-state index contributed by atoms with van der Waals surface area (Å²) in [7, 11) is 0. The van der Waals surface area contributed by atoms with Crippen LogP contribution in [0.1, 0.15) is 48.2 Å². The van der Waals surface area contributed by atoms with Gasteiger partial charge in [0.1, 0.15) is 0 Å². The summed E-state index contributed by atoms with van der Waals surface area (Å²) in [6.07, 6.45) is 0. The molecule has 23 heavy (non-hydrogen) atoms. The molecule has 120 valence electrons. The molecule has 0 fully saturated rings. The highest BCUT2D eigenvalue weighted by molar-refractivity contribution is 5.96. The number of anilines is 1.